The van der Waals surface area contributed by atoms with Gasteiger partial charge in [-0.2, -0.15) is 36.3 Å². The molecule has 1 saturated carbocycles. The quantitative estimate of drug-likeness (QED) is 0.428. The van der Waals surface area contributed by atoms with E-state index in [4.69, 9.17) is 15.2 Å². The van der Waals surface area contributed by atoms with Crippen molar-refractivity contribution in [3.05, 3.63) is 6.33 Å². The first kappa shape index (κ1) is 24.5. The number of hydrogen-bond donors (Lipinski definition) is 1. The van der Waals surface area contributed by atoms with Gasteiger partial charge in [0.15, 0.2) is 11.2 Å². The van der Waals surface area contributed by atoms with Crippen LogP contribution in [0.25, 0.3) is 11.2 Å². The van der Waals surface area contributed by atoms with Crippen molar-refractivity contribution < 1.29 is 50.2 Å². The van der Waals surface area contributed by atoms with E-state index in [-0.39, 0.29) is 35.8 Å². The summed E-state index contributed by atoms with van der Waals surface area (Å²) in [7, 11) is -5.31. The van der Waals surface area contributed by atoms with Crippen molar-refractivity contribution >= 4 is 24.7 Å². The van der Waals surface area contributed by atoms with Gasteiger partial charge in [0, 0.05) is 0 Å². The molecule has 2 aromatic heterocycles. The van der Waals surface area contributed by atoms with Gasteiger partial charge in [-0.15, -0.1) is 0 Å². The summed E-state index contributed by atoms with van der Waals surface area (Å²) < 4.78 is 101. The van der Waals surface area contributed by atoms with E-state index in [2.05, 4.69) is 15.0 Å². The molecule has 0 aromatic carbocycles. The zero-order valence-electron chi connectivity index (χ0n) is 16.2. The van der Waals surface area contributed by atoms with Gasteiger partial charge < -0.3 is 34.1 Å². The number of alkyl halides is 6. The van der Waals surface area contributed by atoms with Crippen LogP contribution in [0.2, 0.25) is 0 Å². The minimum Gasteiger partial charge on any atom is -0.809 e. The third-order valence-corrected chi connectivity index (χ3v) is 6.17. The Morgan fingerprint density at radius 2 is 1.72 bits per heavy atom. The third kappa shape index (κ3) is 5.24. The molecule has 17 heteroatoms. The second kappa shape index (κ2) is 7.71. The highest BCUT2D eigenvalue weighted by Crippen LogP contribution is 2.60. The van der Waals surface area contributed by atoms with E-state index in [9.17, 15) is 40.7 Å². The van der Waals surface area contributed by atoms with Crippen molar-refractivity contribution in [2.45, 2.75) is 55.5 Å². The van der Waals surface area contributed by atoms with E-state index < -0.39 is 50.3 Å². The molecule has 1 aliphatic rings. The molecule has 0 bridgehead atoms. The molecule has 2 N–H and O–H groups in total. The molecule has 10 nitrogen and oxygen atoms in total. The number of imidazole rings is 1. The van der Waals surface area contributed by atoms with Gasteiger partial charge in [-0.1, -0.05) is 0 Å². The lowest BCUT2D eigenvalue weighted by molar-refractivity contribution is -0.347. The minimum atomic E-state index is -6.57. The van der Waals surface area contributed by atoms with E-state index in [0.717, 1.165) is 6.33 Å². The van der Waals surface area contributed by atoms with Gasteiger partial charge in [-0.3, -0.25) is 0 Å². The van der Waals surface area contributed by atoms with Crippen molar-refractivity contribution in [3.63, 3.8) is 0 Å². The molecule has 0 atom stereocenters. The summed E-state index contributed by atoms with van der Waals surface area (Å²) in [5.41, 5.74) is 3.87. The maximum absolute atomic E-state index is 13.1. The summed E-state index contributed by atoms with van der Waals surface area (Å²) in [4.78, 5) is 35.1. The predicted molar refractivity (Wildman–Crippen MR) is 91.0 cm³/mol. The van der Waals surface area contributed by atoms with Crippen LogP contribution in [0.15, 0.2) is 6.33 Å². The predicted octanol–water partition coefficient (Wildman–Crippen LogP) is 1.48. The standard InChI is InChI=1S/C15H18F6N5O5P/c1-30-10-8-9(24-11(22)25-10)26(7-23-8)6-12(2-3-12)31-13(32(27,28)29,4-14(16,17)18)5-15(19,20)21/h7H,2-6H2,1H3,(H2,22,24,25)(H2,27,28,29)/p-2. The lowest BCUT2D eigenvalue weighted by Crippen LogP contribution is -2.51. The normalized spacial score (nSPS) is 17.0. The molecule has 0 amide bonds. The summed E-state index contributed by atoms with van der Waals surface area (Å²) in [5, 5.41) is -4.07. The SMILES string of the molecule is COc1nc(N)nc2c1ncn2CC1(OC(CC(F)(F)F)(CC(F)(F)F)P(=O)([O-])[O-])CC1. The Morgan fingerprint density at radius 3 is 2.16 bits per heavy atom. The van der Waals surface area contributed by atoms with E-state index in [1.165, 1.54) is 11.7 Å². The van der Waals surface area contributed by atoms with Crippen molar-refractivity contribution in [3.8, 4) is 5.88 Å². The van der Waals surface area contributed by atoms with Crippen molar-refractivity contribution in [1.82, 2.24) is 19.5 Å². The molecule has 32 heavy (non-hydrogen) atoms. The molecule has 2 aromatic rings. The monoisotopic (exact) mass is 491 g/mol. The molecule has 0 aliphatic heterocycles. The van der Waals surface area contributed by atoms with Gasteiger partial charge in [0.1, 0.15) is 5.34 Å². The molecule has 180 valence electrons. The number of nitrogens with two attached hydrogens (primary N) is 1. The van der Waals surface area contributed by atoms with E-state index in [1.807, 2.05) is 0 Å². The summed E-state index contributed by atoms with van der Waals surface area (Å²) in [6.45, 7) is -0.444. The topological polar surface area (TPSA) is 151 Å². The average Bonchev–Trinajstić information content (AvgIpc) is 3.21. The fourth-order valence-electron chi connectivity index (χ4n) is 3.35. The molecule has 0 unspecified atom stereocenters. The van der Waals surface area contributed by atoms with Crippen LogP contribution >= 0.6 is 7.60 Å². The Morgan fingerprint density at radius 1 is 1.16 bits per heavy atom. The number of aromatic nitrogens is 4. The highest BCUT2D eigenvalue weighted by atomic mass is 31.2. The van der Waals surface area contributed by atoms with E-state index in [0.29, 0.717) is 0 Å². The first-order valence-corrected chi connectivity index (χ1v) is 10.4. The zero-order chi connectivity index (χ0) is 24.2. The maximum atomic E-state index is 13.1. The molecule has 1 aliphatic carbocycles. The van der Waals surface area contributed by atoms with Crippen LogP contribution in [0.1, 0.15) is 25.7 Å². The van der Waals surface area contributed by atoms with Crippen molar-refractivity contribution in [1.29, 1.82) is 0 Å². The third-order valence-electron chi connectivity index (χ3n) is 4.77. The number of methoxy groups -OCH3 is 1. The number of nitrogens with zero attached hydrogens (tertiary/aromatic N) is 4. The maximum Gasteiger partial charge on any atom is 0.392 e. The molecule has 3 rings (SSSR count). The Labute approximate surface area is 175 Å². The average molecular weight is 491 g/mol. The summed E-state index contributed by atoms with van der Waals surface area (Å²) in [6, 6.07) is 0. The highest BCUT2D eigenvalue weighted by molar-refractivity contribution is 7.50. The number of halogens is 6. The molecule has 2 heterocycles. The van der Waals surface area contributed by atoms with Gasteiger partial charge in [-0.25, -0.2) is 4.98 Å². The second-order valence-electron chi connectivity index (χ2n) is 7.45. The Bertz CT molecular complexity index is 1030. The van der Waals surface area contributed by atoms with E-state index in [1.54, 1.807) is 0 Å². The molecule has 0 spiro atoms. The van der Waals surface area contributed by atoms with Gasteiger partial charge in [0.25, 0.3) is 0 Å². The lowest BCUT2D eigenvalue weighted by Gasteiger charge is -2.51. The fraction of sp³-hybridized carbons (Fsp3) is 0.667. The summed E-state index contributed by atoms with van der Waals surface area (Å²) in [5.74, 6) is -0.293. The van der Waals surface area contributed by atoms with Crippen LogP contribution in [0.5, 0.6) is 5.88 Å². The highest BCUT2D eigenvalue weighted by Gasteiger charge is 2.58. The van der Waals surface area contributed by atoms with Gasteiger partial charge in [0.05, 0.1) is 38.4 Å². The zero-order valence-corrected chi connectivity index (χ0v) is 17.1. The number of nitrogen functional groups attached to an aromatic ring is 1. The Hall–Kier alpha value is -2.16. The second-order valence-corrected chi connectivity index (χ2v) is 9.26. The first-order valence-electron chi connectivity index (χ1n) is 8.86. The van der Waals surface area contributed by atoms with Crippen LogP contribution < -0.4 is 20.3 Å². The fourth-order valence-corrected chi connectivity index (χ4v) is 4.40. The van der Waals surface area contributed by atoms with Crippen LogP contribution in [0, 0.1) is 0 Å². The minimum absolute atomic E-state index is 0.0221. The molecule has 0 saturated heterocycles. The number of fused-ring (bicyclic) bond motifs is 1. The summed E-state index contributed by atoms with van der Waals surface area (Å²) >= 11 is 0. The Kier molecular flexibility index (Phi) is 5.90. The van der Waals surface area contributed by atoms with Crippen molar-refractivity contribution in [2.75, 3.05) is 12.8 Å². The number of rotatable bonds is 8. The molecular weight excluding hydrogens is 475 g/mol. The van der Waals surface area contributed by atoms with E-state index >= 15 is 0 Å². The number of ether oxygens (including phenoxy) is 2. The number of anilines is 1. The van der Waals surface area contributed by atoms with Gasteiger partial charge in [0.2, 0.25) is 11.8 Å². The number of hydrogen-bond acceptors (Lipinski definition) is 9. The van der Waals surface area contributed by atoms with Crippen LogP contribution in [0.3, 0.4) is 0 Å². The largest absolute Gasteiger partial charge is 0.809 e. The van der Waals surface area contributed by atoms with Crippen LogP contribution in [0.4, 0.5) is 32.3 Å². The van der Waals surface area contributed by atoms with Gasteiger partial charge >= 0.3 is 12.4 Å². The molecular formula is C15H16F6N5O5P-2. The molecule has 1 fully saturated rings. The van der Waals surface area contributed by atoms with Crippen LogP contribution in [-0.2, 0) is 15.8 Å². The van der Waals surface area contributed by atoms with Crippen LogP contribution in [-0.4, -0.2) is 49.9 Å². The Balaban J connectivity index is 2.01. The van der Waals surface area contributed by atoms with Gasteiger partial charge in [-0.05, 0) is 20.4 Å². The lowest BCUT2D eigenvalue weighted by atomic mass is 10.1. The first-order chi connectivity index (χ1) is 14.5. The summed E-state index contributed by atoms with van der Waals surface area (Å²) in [6.07, 6.45) is -15.2. The van der Waals surface area contributed by atoms with Crippen molar-refractivity contribution in [2.24, 2.45) is 0 Å². The molecule has 0 radical (unpaired) electrons. The smallest absolute Gasteiger partial charge is 0.392 e.